The van der Waals surface area contributed by atoms with Crippen molar-refractivity contribution in [3.05, 3.63) is 12.4 Å². The maximum absolute atomic E-state index is 9.94. The van der Waals surface area contributed by atoms with Crippen molar-refractivity contribution in [1.29, 1.82) is 0 Å². The molecule has 7 heteroatoms. The summed E-state index contributed by atoms with van der Waals surface area (Å²) in [6.45, 7) is 6.88. The molecule has 1 saturated heterocycles. The number of ether oxygens (including phenoxy) is 1. The van der Waals surface area contributed by atoms with Gasteiger partial charge in [-0.15, -0.1) is 0 Å². The van der Waals surface area contributed by atoms with Gasteiger partial charge in [0.1, 0.15) is 35.8 Å². The number of hydrogen-bond donors (Lipinski definition) is 3. The van der Waals surface area contributed by atoms with Gasteiger partial charge in [-0.1, -0.05) is 6.58 Å². The van der Waals surface area contributed by atoms with Gasteiger partial charge in [0.25, 0.3) is 0 Å². The lowest BCUT2D eigenvalue weighted by atomic mass is 10.1. The van der Waals surface area contributed by atoms with Crippen LogP contribution in [0, 0.1) is 0 Å². The first-order valence-corrected chi connectivity index (χ1v) is 5.67. The summed E-state index contributed by atoms with van der Waals surface area (Å²) in [7, 11) is 0. The maximum Gasteiger partial charge on any atom is 0.165 e. The van der Waals surface area contributed by atoms with Crippen LogP contribution in [0.5, 0.6) is 0 Å². The zero-order valence-electron chi connectivity index (χ0n) is 10.3. The van der Waals surface area contributed by atoms with Crippen molar-refractivity contribution in [2.24, 2.45) is 9.98 Å². The highest BCUT2D eigenvalue weighted by atomic mass is 16.6. The monoisotopic (exact) mass is 255 g/mol. The maximum atomic E-state index is 9.94. The van der Waals surface area contributed by atoms with Crippen LogP contribution in [0.2, 0.25) is 0 Å². The van der Waals surface area contributed by atoms with Crippen molar-refractivity contribution < 1.29 is 20.1 Å². The minimum Gasteiger partial charge on any atom is -0.394 e. The van der Waals surface area contributed by atoms with Crippen LogP contribution in [0.25, 0.3) is 0 Å². The summed E-state index contributed by atoms with van der Waals surface area (Å²) in [6.07, 6.45) is -3.96. The molecule has 0 aliphatic carbocycles. The summed E-state index contributed by atoms with van der Waals surface area (Å²) < 4.78 is 5.42. The Kier molecular flexibility index (Phi) is 3.49. The Balaban J connectivity index is 2.23. The van der Waals surface area contributed by atoms with Gasteiger partial charge in [-0.3, -0.25) is 4.90 Å². The van der Waals surface area contributed by atoms with E-state index in [1.54, 1.807) is 13.8 Å². The first kappa shape index (κ1) is 13.2. The first-order chi connectivity index (χ1) is 8.45. The van der Waals surface area contributed by atoms with Gasteiger partial charge in [-0.25, -0.2) is 9.98 Å². The SMILES string of the molecule is C=C1N=C(C)N=C(C)N1[C@@H]1O[C@H](CO)[C@H](O)C1O. The predicted molar refractivity (Wildman–Crippen MR) is 65.0 cm³/mol. The van der Waals surface area contributed by atoms with E-state index in [0.29, 0.717) is 17.5 Å². The van der Waals surface area contributed by atoms with Gasteiger partial charge >= 0.3 is 0 Å². The molecule has 18 heavy (non-hydrogen) atoms. The number of hydrogen-bond acceptors (Lipinski definition) is 7. The fourth-order valence-corrected chi connectivity index (χ4v) is 2.16. The average molecular weight is 255 g/mol. The Morgan fingerprint density at radius 2 is 1.94 bits per heavy atom. The van der Waals surface area contributed by atoms with E-state index in [2.05, 4.69) is 16.6 Å². The number of rotatable bonds is 2. The van der Waals surface area contributed by atoms with E-state index >= 15 is 0 Å². The highest BCUT2D eigenvalue weighted by Crippen LogP contribution is 2.28. The van der Waals surface area contributed by atoms with E-state index in [-0.39, 0.29) is 6.61 Å². The van der Waals surface area contributed by atoms with E-state index in [9.17, 15) is 10.2 Å². The third-order valence-corrected chi connectivity index (χ3v) is 3.01. The molecule has 0 aromatic heterocycles. The Morgan fingerprint density at radius 1 is 1.28 bits per heavy atom. The lowest BCUT2D eigenvalue weighted by Crippen LogP contribution is -2.46. The minimum absolute atomic E-state index is 0.368. The Hall–Kier alpha value is -1.28. The van der Waals surface area contributed by atoms with Crippen LogP contribution < -0.4 is 0 Å². The van der Waals surface area contributed by atoms with Gasteiger partial charge in [0, 0.05) is 0 Å². The molecule has 0 saturated carbocycles. The molecule has 100 valence electrons. The Morgan fingerprint density at radius 3 is 2.44 bits per heavy atom. The smallest absolute Gasteiger partial charge is 0.165 e. The Bertz CT molecular complexity index is 421. The van der Waals surface area contributed by atoms with Crippen LogP contribution in [0.1, 0.15) is 13.8 Å². The Labute approximate surface area is 105 Å². The third kappa shape index (κ3) is 2.05. The minimum atomic E-state index is -1.15. The zero-order chi connectivity index (χ0) is 13.4. The molecule has 0 amide bonds. The molecule has 2 aliphatic heterocycles. The molecule has 0 spiro atoms. The highest BCUT2D eigenvalue weighted by molar-refractivity contribution is 5.98. The highest BCUT2D eigenvalue weighted by Gasteiger charge is 2.46. The zero-order valence-corrected chi connectivity index (χ0v) is 10.3. The average Bonchev–Trinajstić information content (AvgIpc) is 2.56. The van der Waals surface area contributed by atoms with Crippen LogP contribution in [0.4, 0.5) is 0 Å². The predicted octanol–water partition coefficient (Wildman–Crippen LogP) is -0.951. The van der Waals surface area contributed by atoms with Crippen LogP contribution >= 0.6 is 0 Å². The summed E-state index contributed by atoms with van der Waals surface area (Å²) in [5.74, 6) is 1.53. The van der Waals surface area contributed by atoms with Gasteiger partial charge in [0.15, 0.2) is 6.23 Å². The molecule has 2 rings (SSSR count). The summed E-state index contributed by atoms with van der Waals surface area (Å²) in [4.78, 5) is 9.77. The van der Waals surface area contributed by atoms with Gasteiger partial charge in [-0.05, 0) is 13.8 Å². The fraction of sp³-hybridized carbons (Fsp3) is 0.636. The van der Waals surface area contributed by atoms with Crippen molar-refractivity contribution >= 4 is 11.7 Å². The number of nitrogens with zero attached hydrogens (tertiary/aromatic N) is 3. The topological polar surface area (TPSA) is 97.9 Å². The van der Waals surface area contributed by atoms with Crippen molar-refractivity contribution in [3.8, 4) is 0 Å². The molecule has 0 aromatic carbocycles. The summed E-state index contributed by atoms with van der Waals surface area (Å²) >= 11 is 0. The molecule has 0 radical (unpaired) electrons. The van der Waals surface area contributed by atoms with Crippen molar-refractivity contribution in [2.45, 2.75) is 38.4 Å². The van der Waals surface area contributed by atoms with Crippen LogP contribution in [-0.4, -0.2) is 63.0 Å². The molecule has 7 nitrogen and oxygen atoms in total. The van der Waals surface area contributed by atoms with E-state index < -0.39 is 24.5 Å². The summed E-state index contributed by atoms with van der Waals surface area (Å²) in [5, 5.41) is 28.7. The molecule has 0 bridgehead atoms. The number of aliphatic hydroxyl groups excluding tert-OH is 3. The van der Waals surface area contributed by atoms with E-state index in [1.165, 1.54) is 4.90 Å². The second-order valence-corrected chi connectivity index (χ2v) is 4.33. The molecular formula is C11H17N3O4. The van der Waals surface area contributed by atoms with Crippen molar-refractivity contribution in [1.82, 2.24) is 4.90 Å². The number of amidine groups is 2. The lowest BCUT2D eigenvalue weighted by molar-refractivity contribution is -0.0624. The molecule has 2 heterocycles. The molecule has 3 N–H and O–H groups in total. The molecule has 4 atom stereocenters. The largest absolute Gasteiger partial charge is 0.394 e. The van der Waals surface area contributed by atoms with Gasteiger partial charge in [0.2, 0.25) is 0 Å². The quantitative estimate of drug-likeness (QED) is 0.591. The molecule has 1 fully saturated rings. The second-order valence-electron chi connectivity index (χ2n) is 4.33. The van der Waals surface area contributed by atoms with Gasteiger partial charge in [-0.2, -0.15) is 0 Å². The second kappa shape index (κ2) is 4.77. The van der Waals surface area contributed by atoms with Crippen LogP contribution in [0.3, 0.4) is 0 Å². The van der Waals surface area contributed by atoms with E-state index in [4.69, 9.17) is 9.84 Å². The van der Waals surface area contributed by atoms with Crippen LogP contribution in [-0.2, 0) is 4.74 Å². The lowest BCUT2D eigenvalue weighted by Gasteiger charge is -2.33. The number of aliphatic imine (C=N–C) groups is 2. The summed E-state index contributed by atoms with van der Waals surface area (Å²) in [5.41, 5.74) is 0. The van der Waals surface area contributed by atoms with Gasteiger partial charge < -0.3 is 20.1 Å². The van der Waals surface area contributed by atoms with Crippen molar-refractivity contribution in [3.63, 3.8) is 0 Å². The standard InChI is InChI=1S/C11H17N3O4/c1-5-12-6(2)14(7(3)13-5)11-10(17)9(16)8(4-15)18-11/h8-11,15-17H,2,4H2,1,3H3/t8-,9+,10?,11-/m1/s1. The summed E-state index contributed by atoms with van der Waals surface area (Å²) in [6, 6.07) is 0. The normalized spacial score (nSPS) is 36.7. The molecule has 2 aliphatic rings. The van der Waals surface area contributed by atoms with Crippen LogP contribution in [0.15, 0.2) is 22.4 Å². The van der Waals surface area contributed by atoms with E-state index in [0.717, 1.165) is 0 Å². The molecule has 1 unspecified atom stereocenters. The fourth-order valence-electron chi connectivity index (χ4n) is 2.16. The van der Waals surface area contributed by atoms with Gasteiger partial charge in [0.05, 0.1) is 6.61 Å². The third-order valence-electron chi connectivity index (χ3n) is 3.01. The van der Waals surface area contributed by atoms with Crippen molar-refractivity contribution in [2.75, 3.05) is 6.61 Å². The van der Waals surface area contributed by atoms with E-state index in [1.807, 2.05) is 0 Å². The number of aliphatic hydroxyl groups is 3. The molecular weight excluding hydrogens is 238 g/mol. The first-order valence-electron chi connectivity index (χ1n) is 5.67. The molecule has 0 aromatic rings.